The third-order valence-electron chi connectivity index (χ3n) is 2.80. The van der Waals surface area contributed by atoms with Crippen molar-refractivity contribution in [1.82, 2.24) is 9.97 Å². The largest absolute Gasteiger partial charge is 0.496 e. The highest BCUT2D eigenvalue weighted by molar-refractivity contribution is 6.28. The summed E-state index contributed by atoms with van der Waals surface area (Å²) >= 11 is 5.80. The lowest BCUT2D eigenvalue weighted by Crippen LogP contribution is -2.02. The number of aromatic nitrogens is 2. The molecule has 8 heteroatoms. The van der Waals surface area contributed by atoms with E-state index in [4.69, 9.17) is 21.6 Å². The third kappa shape index (κ3) is 2.75. The van der Waals surface area contributed by atoms with E-state index >= 15 is 0 Å². The highest BCUT2D eigenvalue weighted by Crippen LogP contribution is 2.37. The lowest BCUT2D eigenvalue weighted by atomic mass is 10.0. The van der Waals surface area contributed by atoms with Gasteiger partial charge in [0.2, 0.25) is 5.28 Å². The maximum Gasteiger partial charge on any atom is 0.316 e. The molecule has 0 fully saturated rings. The van der Waals surface area contributed by atoms with Crippen molar-refractivity contribution >= 4 is 17.3 Å². The van der Waals surface area contributed by atoms with Gasteiger partial charge in [-0.25, -0.2) is 9.97 Å². The van der Waals surface area contributed by atoms with E-state index in [9.17, 15) is 10.1 Å². The average Bonchev–Trinajstić information content (AvgIpc) is 2.45. The van der Waals surface area contributed by atoms with Crippen LogP contribution < -0.4 is 4.74 Å². The molecule has 0 saturated heterocycles. The molecule has 0 aliphatic carbocycles. The fraction of sp³-hybridized carbons (Fsp3) is 0.154. The minimum absolute atomic E-state index is 0.0199. The fourth-order valence-corrected chi connectivity index (χ4v) is 2.11. The first-order chi connectivity index (χ1) is 9.97. The van der Waals surface area contributed by atoms with Crippen molar-refractivity contribution in [2.75, 3.05) is 7.11 Å². The van der Waals surface area contributed by atoms with Gasteiger partial charge in [-0.1, -0.05) is 0 Å². The van der Waals surface area contributed by atoms with Gasteiger partial charge in [-0.15, -0.1) is 0 Å². The first-order valence-corrected chi connectivity index (χ1v) is 6.12. The Hall–Kier alpha value is -2.72. The molecule has 0 spiro atoms. The molecule has 2 rings (SSSR count). The van der Waals surface area contributed by atoms with Crippen molar-refractivity contribution in [3.05, 3.63) is 44.9 Å². The summed E-state index contributed by atoms with van der Waals surface area (Å²) in [6, 6.07) is 6.52. The van der Waals surface area contributed by atoms with E-state index in [1.165, 1.54) is 20.1 Å². The first kappa shape index (κ1) is 14.7. The van der Waals surface area contributed by atoms with Crippen LogP contribution in [0.4, 0.5) is 5.69 Å². The second-order valence-corrected chi connectivity index (χ2v) is 4.40. The Kier molecular flexibility index (Phi) is 4.00. The van der Waals surface area contributed by atoms with Crippen LogP contribution in [-0.2, 0) is 0 Å². The average molecular weight is 305 g/mol. The van der Waals surface area contributed by atoms with Crippen LogP contribution in [-0.4, -0.2) is 22.0 Å². The molecule has 0 N–H and O–H groups in total. The molecule has 7 nitrogen and oxygen atoms in total. The van der Waals surface area contributed by atoms with E-state index in [0.717, 1.165) is 0 Å². The van der Waals surface area contributed by atoms with Crippen molar-refractivity contribution in [2.24, 2.45) is 0 Å². The molecular formula is C13H9ClN4O3. The van der Waals surface area contributed by atoms with Crippen LogP contribution in [0.15, 0.2) is 18.2 Å². The van der Waals surface area contributed by atoms with Crippen molar-refractivity contribution in [3.8, 4) is 23.1 Å². The number of halogens is 1. The molecule has 0 aliphatic heterocycles. The van der Waals surface area contributed by atoms with Gasteiger partial charge in [-0.3, -0.25) is 10.1 Å². The van der Waals surface area contributed by atoms with Crippen LogP contribution in [0.3, 0.4) is 0 Å². The monoisotopic (exact) mass is 304 g/mol. The number of ether oxygens (including phenoxy) is 1. The Balaban J connectivity index is 2.83. The van der Waals surface area contributed by atoms with E-state index in [-0.39, 0.29) is 22.4 Å². The van der Waals surface area contributed by atoms with Gasteiger partial charge >= 0.3 is 5.69 Å². The zero-order chi connectivity index (χ0) is 15.6. The summed E-state index contributed by atoms with van der Waals surface area (Å²) in [5, 5.41) is 20.1. The minimum atomic E-state index is -0.584. The third-order valence-corrected chi connectivity index (χ3v) is 2.97. The topological polar surface area (TPSA) is 102 Å². The smallest absolute Gasteiger partial charge is 0.316 e. The van der Waals surface area contributed by atoms with Gasteiger partial charge in [0.25, 0.3) is 0 Å². The molecule has 106 valence electrons. The normalized spacial score (nSPS) is 10.0. The number of hydrogen-bond donors (Lipinski definition) is 0. The van der Waals surface area contributed by atoms with Crippen LogP contribution in [0, 0.1) is 28.4 Å². The number of nitro groups is 1. The number of rotatable bonds is 3. The Morgan fingerprint density at radius 3 is 2.71 bits per heavy atom. The van der Waals surface area contributed by atoms with Crippen molar-refractivity contribution in [2.45, 2.75) is 6.92 Å². The molecule has 1 aromatic carbocycles. The predicted molar refractivity (Wildman–Crippen MR) is 75.1 cm³/mol. The van der Waals surface area contributed by atoms with Crippen molar-refractivity contribution < 1.29 is 9.66 Å². The summed E-state index contributed by atoms with van der Waals surface area (Å²) in [7, 11) is 1.42. The molecular weight excluding hydrogens is 296 g/mol. The van der Waals surface area contributed by atoms with Crippen molar-refractivity contribution in [3.63, 3.8) is 0 Å². The second-order valence-electron chi connectivity index (χ2n) is 4.06. The zero-order valence-corrected chi connectivity index (χ0v) is 11.9. The number of nitrogens with zero attached hydrogens (tertiary/aromatic N) is 4. The van der Waals surface area contributed by atoms with E-state index < -0.39 is 4.92 Å². The molecule has 2 aromatic rings. The Morgan fingerprint density at radius 1 is 1.43 bits per heavy atom. The predicted octanol–water partition coefficient (Wildman–Crippen LogP) is 2.89. The van der Waals surface area contributed by atoms with E-state index in [0.29, 0.717) is 16.9 Å². The number of methoxy groups -OCH3 is 1. The van der Waals surface area contributed by atoms with E-state index in [1.807, 2.05) is 6.07 Å². The Bertz CT molecular complexity index is 771. The van der Waals surface area contributed by atoms with Crippen LogP contribution in [0.1, 0.15) is 11.3 Å². The number of hydrogen-bond acceptors (Lipinski definition) is 6. The summed E-state index contributed by atoms with van der Waals surface area (Å²) in [5.41, 5.74) is 0.529. The maximum absolute atomic E-state index is 11.3. The zero-order valence-electron chi connectivity index (χ0n) is 11.1. The van der Waals surface area contributed by atoms with Crippen molar-refractivity contribution in [1.29, 1.82) is 5.26 Å². The Morgan fingerprint density at radius 2 is 2.14 bits per heavy atom. The standard InChI is InChI=1S/C13H9ClN4O3/c1-7-12(18(19)20)11(17-13(14)16-7)9-5-8(6-15)3-4-10(9)21-2/h3-5H,1-2H3. The van der Waals surface area contributed by atoms with Crippen LogP contribution in [0.25, 0.3) is 11.3 Å². The molecule has 0 bridgehead atoms. The van der Waals surface area contributed by atoms with Crippen LogP contribution in [0.2, 0.25) is 5.28 Å². The molecule has 1 heterocycles. The molecule has 0 saturated carbocycles. The van der Waals surface area contributed by atoms with Gasteiger partial charge in [-0.05, 0) is 36.7 Å². The molecule has 0 radical (unpaired) electrons. The lowest BCUT2D eigenvalue weighted by Gasteiger charge is -2.10. The van der Waals surface area contributed by atoms with Crippen LogP contribution >= 0.6 is 11.6 Å². The lowest BCUT2D eigenvalue weighted by molar-refractivity contribution is -0.385. The van der Waals surface area contributed by atoms with Gasteiger partial charge in [-0.2, -0.15) is 5.26 Å². The number of aryl methyl sites for hydroxylation is 1. The Labute approximate surface area is 124 Å². The van der Waals surface area contributed by atoms with Gasteiger partial charge < -0.3 is 4.74 Å². The van der Waals surface area contributed by atoms with Gasteiger partial charge in [0, 0.05) is 0 Å². The molecule has 1 aromatic heterocycles. The molecule has 0 atom stereocenters. The van der Waals surface area contributed by atoms with Crippen LogP contribution in [0.5, 0.6) is 5.75 Å². The molecule has 21 heavy (non-hydrogen) atoms. The van der Waals surface area contributed by atoms with Gasteiger partial charge in [0.05, 0.1) is 29.2 Å². The molecule has 0 unspecified atom stereocenters. The second kappa shape index (κ2) is 5.73. The highest BCUT2D eigenvalue weighted by atomic mass is 35.5. The summed E-state index contributed by atoms with van der Waals surface area (Å²) < 4.78 is 5.18. The van der Waals surface area contributed by atoms with Gasteiger partial charge in [0.1, 0.15) is 11.4 Å². The quantitative estimate of drug-likeness (QED) is 0.491. The summed E-state index contributed by atoms with van der Waals surface area (Å²) in [6.45, 7) is 1.47. The fourth-order valence-electron chi connectivity index (χ4n) is 1.90. The highest BCUT2D eigenvalue weighted by Gasteiger charge is 2.25. The SMILES string of the molecule is COc1ccc(C#N)cc1-c1nc(Cl)nc(C)c1[N+](=O)[O-]. The minimum Gasteiger partial charge on any atom is -0.496 e. The summed E-state index contributed by atoms with van der Waals surface area (Å²) in [6.07, 6.45) is 0. The summed E-state index contributed by atoms with van der Waals surface area (Å²) in [4.78, 5) is 18.4. The number of benzene rings is 1. The van der Waals surface area contributed by atoms with E-state index in [2.05, 4.69) is 9.97 Å². The number of nitriles is 1. The summed E-state index contributed by atoms with van der Waals surface area (Å²) in [5.74, 6) is 0.353. The van der Waals surface area contributed by atoms with E-state index in [1.54, 1.807) is 12.1 Å². The molecule has 0 aliphatic rings. The molecule has 0 amide bonds. The van der Waals surface area contributed by atoms with Gasteiger partial charge in [0.15, 0.2) is 5.69 Å². The first-order valence-electron chi connectivity index (χ1n) is 5.75. The maximum atomic E-state index is 11.3.